The Bertz CT molecular complexity index is 559. The lowest BCUT2D eigenvalue weighted by Crippen LogP contribution is -2.04. The summed E-state index contributed by atoms with van der Waals surface area (Å²) in [5.74, 6) is 0. The van der Waals surface area contributed by atoms with E-state index < -0.39 is 11.7 Å². The molecular weight excluding hydrogens is 265 g/mol. The molecular formula is C16H15F3O. The fourth-order valence-electron chi connectivity index (χ4n) is 2.10. The topological polar surface area (TPSA) is 20.2 Å². The number of benzene rings is 2. The molecule has 0 saturated heterocycles. The van der Waals surface area contributed by atoms with Gasteiger partial charge >= 0.3 is 6.18 Å². The molecule has 0 fully saturated rings. The van der Waals surface area contributed by atoms with Gasteiger partial charge in [0.2, 0.25) is 0 Å². The van der Waals surface area contributed by atoms with Crippen molar-refractivity contribution in [2.24, 2.45) is 0 Å². The van der Waals surface area contributed by atoms with E-state index in [1.54, 1.807) is 0 Å². The molecule has 0 aromatic heterocycles. The number of alkyl halides is 3. The Labute approximate surface area is 115 Å². The van der Waals surface area contributed by atoms with Crippen molar-refractivity contribution in [1.29, 1.82) is 0 Å². The fourth-order valence-corrected chi connectivity index (χ4v) is 2.10. The van der Waals surface area contributed by atoms with Crippen LogP contribution in [0.1, 0.15) is 22.3 Å². The molecule has 0 aliphatic rings. The van der Waals surface area contributed by atoms with Gasteiger partial charge in [-0.1, -0.05) is 36.4 Å². The molecule has 0 aliphatic carbocycles. The highest BCUT2D eigenvalue weighted by molar-refractivity contribution is 5.29. The van der Waals surface area contributed by atoms with Gasteiger partial charge in [0, 0.05) is 0 Å². The van der Waals surface area contributed by atoms with Crippen LogP contribution < -0.4 is 0 Å². The van der Waals surface area contributed by atoms with Crippen LogP contribution in [0, 0.1) is 0 Å². The van der Waals surface area contributed by atoms with Crippen LogP contribution in [0.3, 0.4) is 0 Å². The third-order valence-electron chi connectivity index (χ3n) is 3.25. The first-order valence-electron chi connectivity index (χ1n) is 6.34. The maximum atomic E-state index is 12.4. The maximum absolute atomic E-state index is 12.4. The molecule has 0 spiro atoms. The number of aryl methyl sites for hydroxylation is 2. The molecule has 0 heterocycles. The number of rotatable bonds is 4. The second-order valence-corrected chi connectivity index (χ2v) is 4.62. The molecule has 0 unspecified atom stereocenters. The van der Waals surface area contributed by atoms with Crippen molar-refractivity contribution in [2.45, 2.75) is 25.6 Å². The van der Waals surface area contributed by atoms with Crippen LogP contribution in [0.4, 0.5) is 13.2 Å². The second-order valence-electron chi connectivity index (χ2n) is 4.62. The van der Waals surface area contributed by atoms with Crippen molar-refractivity contribution in [2.75, 3.05) is 0 Å². The van der Waals surface area contributed by atoms with Crippen LogP contribution >= 0.6 is 0 Å². The van der Waals surface area contributed by atoms with Gasteiger partial charge in [0.15, 0.2) is 0 Å². The zero-order chi connectivity index (χ0) is 14.6. The van der Waals surface area contributed by atoms with Crippen molar-refractivity contribution < 1.29 is 18.3 Å². The number of hydrogen-bond donors (Lipinski definition) is 1. The Morgan fingerprint density at radius 3 is 1.95 bits per heavy atom. The predicted molar refractivity (Wildman–Crippen MR) is 71.2 cm³/mol. The van der Waals surface area contributed by atoms with E-state index in [0.29, 0.717) is 12.8 Å². The molecule has 0 radical (unpaired) electrons. The summed E-state index contributed by atoms with van der Waals surface area (Å²) in [6.07, 6.45) is -2.95. The van der Waals surface area contributed by atoms with E-state index >= 15 is 0 Å². The maximum Gasteiger partial charge on any atom is 0.416 e. The fraction of sp³-hybridized carbons (Fsp3) is 0.250. The van der Waals surface area contributed by atoms with Crippen LogP contribution in [-0.2, 0) is 25.6 Å². The van der Waals surface area contributed by atoms with E-state index in [-0.39, 0.29) is 6.61 Å². The number of hydrogen-bond acceptors (Lipinski definition) is 1. The van der Waals surface area contributed by atoms with Gasteiger partial charge in [-0.2, -0.15) is 13.2 Å². The Kier molecular flexibility index (Phi) is 4.45. The highest BCUT2D eigenvalue weighted by atomic mass is 19.4. The number of aliphatic hydroxyl groups excluding tert-OH is 1. The lowest BCUT2D eigenvalue weighted by molar-refractivity contribution is -0.137. The van der Waals surface area contributed by atoms with Crippen LogP contribution in [0.25, 0.3) is 0 Å². The van der Waals surface area contributed by atoms with Crippen molar-refractivity contribution >= 4 is 0 Å². The zero-order valence-corrected chi connectivity index (χ0v) is 10.8. The van der Waals surface area contributed by atoms with Gasteiger partial charge in [-0.15, -0.1) is 0 Å². The molecule has 4 heteroatoms. The normalized spacial score (nSPS) is 11.6. The molecule has 0 amide bonds. The Hall–Kier alpha value is -1.81. The molecule has 0 atom stereocenters. The third kappa shape index (κ3) is 3.61. The van der Waals surface area contributed by atoms with E-state index in [0.717, 1.165) is 28.8 Å². The molecule has 0 bridgehead atoms. The van der Waals surface area contributed by atoms with Gasteiger partial charge in [-0.3, -0.25) is 0 Å². The van der Waals surface area contributed by atoms with Crippen molar-refractivity contribution in [3.05, 3.63) is 70.8 Å². The first kappa shape index (κ1) is 14.6. The monoisotopic (exact) mass is 280 g/mol. The highest BCUT2D eigenvalue weighted by Gasteiger charge is 2.29. The van der Waals surface area contributed by atoms with Crippen molar-refractivity contribution in [1.82, 2.24) is 0 Å². The van der Waals surface area contributed by atoms with Crippen molar-refractivity contribution in [3.63, 3.8) is 0 Å². The minimum absolute atomic E-state index is 0.0246. The minimum atomic E-state index is -4.29. The predicted octanol–water partition coefficient (Wildman–Crippen LogP) is 3.98. The van der Waals surface area contributed by atoms with E-state index in [9.17, 15) is 18.3 Å². The molecule has 0 saturated carbocycles. The van der Waals surface area contributed by atoms with Gasteiger partial charge in [0.25, 0.3) is 0 Å². The highest BCUT2D eigenvalue weighted by Crippen LogP contribution is 2.29. The van der Waals surface area contributed by atoms with Gasteiger partial charge < -0.3 is 5.11 Å². The lowest BCUT2D eigenvalue weighted by Gasteiger charge is -2.09. The molecule has 2 aromatic rings. The molecule has 1 N–H and O–H groups in total. The first-order valence-corrected chi connectivity index (χ1v) is 6.34. The molecule has 20 heavy (non-hydrogen) atoms. The molecule has 2 rings (SSSR count). The van der Waals surface area contributed by atoms with Gasteiger partial charge in [0.1, 0.15) is 0 Å². The van der Waals surface area contributed by atoms with E-state index in [4.69, 9.17) is 0 Å². The average molecular weight is 280 g/mol. The standard InChI is InChI=1S/C16H15F3O/c17-16(18,19)15-9-6-12(7-10-15)5-8-13-3-1-2-4-14(13)11-20/h1-4,6-7,9-10,20H,5,8,11H2. The zero-order valence-electron chi connectivity index (χ0n) is 10.8. The summed E-state index contributed by atoms with van der Waals surface area (Å²) in [7, 11) is 0. The van der Waals surface area contributed by atoms with Crippen LogP contribution in [0.15, 0.2) is 48.5 Å². The third-order valence-corrected chi connectivity index (χ3v) is 3.25. The molecule has 0 aliphatic heterocycles. The summed E-state index contributed by atoms with van der Waals surface area (Å²) in [4.78, 5) is 0. The summed E-state index contributed by atoms with van der Waals surface area (Å²) in [5, 5.41) is 9.22. The average Bonchev–Trinajstić information content (AvgIpc) is 2.45. The quantitative estimate of drug-likeness (QED) is 0.898. The summed E-state index contributed by atoms with van der Waals surface area (Å²) >= 11 is 0. The molecule has 1 nitrogen and oxygen atoms in total. The Balaban J connectivity index is 2.04. The summed E-state index contributed by atoms with van der Waals surface area (Å²) in [6.45, 7) is -0.0246. The van der Waals surface area contributed by atoms with Gasteiger partial charge in [0.05, 0.1) is 12.2 Å². The van der Waals surface area contributed by atoms with Gasteiger partial charge in [-0.25, -0.2) is 0 Å². The van der Waals surface area contributed by atoms with Gasteiger partial charge in [-0.05, 0) is 41.7 Å². The SMILES string of the molecule is OCc1ccccc1CCc1ccc(C(F)(F)F)cc1. The van der Waals surface area contributed by atoms with E-state index in [1.165, 1.54) is 12.1 Å². The number of aliphatic hydroxyl groups is 1. The van der Waals surface area contributed by atoms with Crippen LogP contribution in [-0.4, -0.2) is 5.11 Å². The lowest BCUT2D eigenvalue weighted by atomic mass is 9.99. The molecule has 2 aromatic carbocycles. The first-order chi connectivity index (χ1) is 9.50. The Morgan fingerprint density at radius 1 is 0.800 bits per heavy atom. The minimum Gasteiger partial charge on any atom is -0.392 e. The molecule has 106 valence electrons. The smallest absolute Gasteiger partial charge is 0.392 e. The summed E-state index contributed by atoms with van der Waals surface area (Å²) in [6, 6.07) is 12.7. The summed E-state index contributed by atoms with van der Waals surface area (Å²) < 4.78 is 37.3. The van der Waals surface area contributed by atoms with Crippen LogP contribution in [0.5, 0.6) is 0 Å². The van der Waals surface area contributed by atoms with Crippen LogP contribution in [0.2, 0.25) is 0 Å². The van der Waals surface area contributed by atoms with Crippen molar-refractivity contribution in [3.8, 4) is 0 Å². The van der Waals surface area contributed by atoms with E-state index in [1.807, 2.05) is 24.3 Å². The second kappa shape index (κ2) is 6.09. The number of halogens is 3. The summed E-state index contributed by atoms with van der Waals surface area (Å²) in [5.41, 5.74) is 2.11. The Morgan fingerprint density at radius 2 is 1.40 bits per heavy atom. The largest absolute Gasteiger partial charge is 0.416 e. The van der Waals surface area contributed by atoms with E-state index in [2.05, 4.69) is 0 Å².